The van der Waals surface area contributed by atoms with Gasteiger partial charge >= 0.3 is 0 Å². The number of hydrogen-bond acceptors (Lipinski definition) is 6. The number of amides is 1. The van der Waals surface area contributed by atoms with E-state index in [0.717, 1.165) is 30.5 Å². The number of carbonyl (C=O) groups is 1. The number of rotatable bonds is 4. The molecule has 0 radical (unpaired) electrons. The summed E-state index contributed by atoms with van der Waals surface area (Å²) >= 11 is 0. The first-order valence-electron chi connectivity index (χ1n) is 8.52. The lowest BCUT2D eigenvalue weighted by molar-refractivity contribution is 0.0928. The molecule has 4 rings (SSSR count). The van der Waals surface area contributed by atoms with Crippen molar-refractivity contribution in [3.8, 4) is 11.5 Å². The van der Waals surface area contributed by atoms with Crippen LogP contribution in [-0.4, -0.2) is 46.2 Å². The molecule has 134 valence electrons. The van der Waals surface area contributed by atoms with Gasteiger partial charge in [0.2, 0.25) is 5.95 Å². The molecule has 3 aromatic heterocycles. The second kappa shape index (κ2) is 6.62. The number of carbonyl (C=O) groups excluding carboxylic acids is 1. The second-order valence-corrected chi connectivity index (χ2v) is 6.59. The predicted octanol–water partition coefficient (Wildman–Crippen LogP) is 1.81. The van der Waals surface area contributed by atoms with Gasteiger partial charge in [-0.05, 0) is 37.0 Å². The van der Waals surface area contributed by atoms with Crippen LogP contribution in [0.5, 0.6) is 0 Å². The zero-order chi connectivity index (χ0) is 18.1. The van der Waals surface area contributed by atoms with E-state index in [1.54, 1.807) is 18.4 Å². The van der Waals surface area contributed by atoms with Crippen LogP contribution >= 0.6 is 0 Å². The molecular weight excluding hydrogens is 332 g/mol. The van der Waals surface area contributed by atoms with Gasteiger partial charge in [-0.25, -0.2) is 9.97 Å². The minimum atomic E-state index is -0.196. The van der Waals surface area contributed by atoms with E-state index >= 15 is 0 Å². The molecule has 8 heteroatoms. The molecule has 3 heterocycles. The van der Waals surface area contributed by atoms with E-state index in [0.29, 0.717) is 23.1 Å². The summed E-state index contributed by atoms with van der Waals surface area (Å²) in [5.74, 6) is 1.17. The summed E-state index contributed by atoms with van der Waals surface area (Å²) in [6.45, 7) is 0. The highest BCUT2D eigenvalue weighted by atomic mass is 16.3. The summed E-state index contributed by atoms with van der Waals surface area (Å²) < 4.78 is 5.31. The minimum absolute atomic E-state index is 0.0487. The molecule has 1 aliphatic carbocycles. The van der Waals surface area contributed by atoms with Crippen LogP contribution < -0.4 is 10.2 Å². The maximum atomic E-state index is 12.5. The van der Waals surface area contributed by atoms with Crippen LogP contribution in [0.3, 0.4) is 0 Å². The van der Waals surface area contributed by atoms with Gasteiger partial charge in [-0.1, -0.05) is 0 Å². The fraction of sp³-hybridized carbons (Fsp3) is 0.333. The van der Waals surface area contributed by atoms with Crippen LogP contribution in [0.15, 0.2) is 35.1 Å². The Morgan fingerprint density at radius 3 is 3.08 bits per heavy atom. The summed E-state index contributed by atoms with van der Waals surface area (Å²) in [5, 5.41) is 9.97. The van der Waals surface area contributed by atoms with Crippen LogP contribution in [-0.2, 0) is 12.8 Å². The Kier molecular flexibility index (Phi) is 4.16. The van der Waals surface area contributed by atoms with E-state index in [9.17, 15) is 4.79 Å². The van der Waals surface area contributed by atoms with E-state index in [1.807, 2.05) is 31.3 Å². The molecule has 3 aromatic rings. The number of hydrogen-bond donors (Lipinski definition) is 2. The molecule has 1 unspecified atom stereocenters. The Morgan fingerprint density at radius 1 is 1.42 bits per heavy atom. The molecule has 0 aromatic carbocycles. The van der Waals surface area contributed by atoms with Crippen molar-refractivity contribution in [3.05, 3.63) is 47.6 Å². The SMILES string of the molecule is CN(C)c1ncc2c(n1)CCC(NC(=O)c1cc(-c3ccco3)[nH]n1)C2. The third-order valence-electron chi connectivity index (χ3n) is 4.47. The summed E-state index contributed by atoms with van der Waals surface area (Å²) in [4.78, 5) is 23.3. The van der Waals surface area contributed by atoms with Crippen molar-refractivity contribution in [2.45, 2.75) is 25.3 Å². The highest BCUT2D eigenvalue weighted by Gasteiger charge is 2.23. The van der Waals surface area contributed by atoms with Crippen molar-refractivity contribution in [1.29, 1.82) is 0 Å². The Bertz CT molecular complexity index is 916. The van der Waals surface area contributed by atoms with Crippen LogP contribution in [0.2, 0.25) is 0 Å². The van der Waals surface area contributed by atoms with Gasteiger partial charge in [-0.3, -0.25) is 9.89 Å². The van der Waals surface area contributed by atoms with Crippen molar-refractivity contribution >= 4 is 11.9 Å². The highest BCUT2D eigenvalue weighted by molar-refractivity contribution is 5.93. The Balaban J connectivity index is 1.43. The monoisotopic (exact) mass is 352 g/mol. The van der Waals surface area contributed by atoms with Crippen molar-refractivity contribution in [1.82, 2.24) is 25.5 Å². The first kappa shape index (κ1) is 16.3. The van der Waals surface area contributed by atoms with Crippen LogP contribution in [0.25, 0.3) is 11.5 Å². The predicted molar refractivity (Wildman–Crippen MR) is 95.9 cm³/mol. The number of nitrogens with one attached hydrogen (secondary N) is 2. The van der Waals surface area contributed by atoms with E-state index in [1.165, 1.54) is 0 Å². The maximum Gasteiger partial charge on any atom is 0.272 e. The summed E-state index contributed by atoms with van der Waals surface area (Å²) in [5.41, 5.74) is 3.18. The zero-order valence-corrected chi connectivity index (χ0v) is 14.7. The largest absolute Gasteiger partial charge is 0.463 e. The topological polar surface area (TPSA) is 99.9 Å². The van der Waals surface area contributed by atoms with E-state index in [-0.39, 0.29) is 11.9 Å². The van der Waals surface area contributed by atoms with Gasteiger partial charge in [0.1, 0.15) is 5.69 Å². The first-order chi connectivity index (χ1) is 12.6. The summed E-state index contributed by atoms with van der Waals surface area (Å²) in [7, 11) is 3.85. The Morgan fingerprint density at radius 2 is 2.31 bits per heavy atom. The lowest BCUT2D eigenvalue weighted by atomic mass is 9.93. The van der Waals surface area contributed by atoms with Crippen LogP contribution in [0.1, 0.15) is 28.2 Å². The average Bonchev–Trinajstić information content (AvgIpc) is 3.32. The number of aromatic nitrogens is 4. The van der Waals surface area contributed by atoms with E-state index in [4.69, 9.17) is 4.42 Å². The molecule has 0 aliphatic heterocycles. The number of fused-ring (bicyclic) bond motifs is 1. The number of furan rings is 1. The lowest BCUT2D eigenvalue weighted by Crippen LogP contribution is -2.39. The molecule has 0 saturated heterocycles. The number of aromatic amines is 1. The van der Waals surface area contributed by atoms with Crippen LogP contribution in [0, 0.1) is 0 Å². The van der Waals surface area contributed by atoms with Gasteiger partial charge < -0.3 is 14.6 Å². The molecule has 2 N–H and O–H groups in total. The standard InChI is InChI=1S/C18H20N6O2/c1-24(2)18-19-10-11-8-12(5-6-13(11)21-18)20-17(25)15-9-14(22-23-15)16-4-3-7-26-16/h3-4,7,9-10,12H,5-6,8H2,1-2H3,(H,20,25)(H,22,23). The zero-order valence-electron chi connectivity index (χ0n) is 14.7. The van der Waals surface area contributed by atoms with E-state index in [2.05, 4.69) is 25.5 Å². The van der Waals surface area contributed by atoms with Gasteiger partial charge in [-0.2, -0.15) is 5.10 Å². The molecule has 0 bridgehead atoms. The van der Waals surface area contributed by atoms with Gasteiger partial charge in [-0.15, -0.1) is 0 Å². The minimum Gasteiger partial charge on any atom is -0.463 e. The number of aryl methyl sites for hydroxylation is 1. The molecule has 1 amide bonds. The lowest BCUT2D eigenvalue weighted by Gasteiger charge is -2.25. The number of H-pyrrole nitrogens is 1. The van der Waals surface area contributed by atoms with Gasteiger partial charge in [0.25, 0.3) is 5.91 Å². The van der Waals surface area contributed by atoms with Gasteiger partial charge in [0.15, 0.2) is 11.5 Å². The Labute approximate surface area is 150 Å². The summed E-state index contributed by atoms with van der Waals surface area (Å²) in [6, 6.07) is 5.35. The molecule has 0 fully saturated rings. The summed E-state index contributed by atoms with van der Waals surface area (Å²) in [6.07, 6.45) is 5.84. The Hall–Kier alpha value is -3.16. The number of nitrogens with zero attached hydrogens (tertiary/aromatic N) is 4. The molecule has 0 spiro atoms. The van der Waals surface area contributed by atoms with Crippen molar-refractivity contribution < 1.29 is 9.21 Å². The molecule has 26 heavy (non-hydrogen) atoms. The maximum absolute atomic E-state index is 12.5. The second-order valence-electron chi connectivity index (χ2n) is 6.59. The molecular formula is C18H20N6O2. The van der Waals surface area contributed by atoms with Crippen molar-refractivity contribution in [2.24, 2.45) is 0 Å². The molecule has 0 saturated carbocycles. The molecule has 1 aliphatic rings. The fourth-order valence-electron chi connectivity index (χ4n) is 3.09. The first-order valence-corrected chi connectivity index (χ1v) is 8.52. The normalized spacial score (nSPS) is 16.2. The van der Waals surface area contributed by atoms with Gasteiger partial charge in [0.05, 0.1) is 6.26 Å². The fourth-order valence-corrected chi connectivity index (χ4v) is 3.09. The van der Waals surface area contributed by atoms with Gasteiger partial charge in [0, 0.05) is 38.1 Å². The highest BCUT2D eigenvalue weighted by Crippen LogP contribution is 2.22. The third kappa shape index (κ3) is 3.17. The van der Waals surface area contributed by atoms with Crippen LogP contribution in [0.4, 0.5) is 5.95 Å². The third-order valence-corrected chi connectivity index (χ3v) is 4.47. The van der Waals surface area contributed by atoms with Crippen molar-refractivity contribution in [3.63, 3.8) is 0 Å². The number of anilines is 1. The van der Waals surface area contributed by atoms with Crippen molar-refractivity contribution in [2.75, 3.05) is 19.0 Å². The molecule has 8 nitrogen and oxygen atoms in total. The average molecular weight is 352 g/mol. The smallest absolute Gasteiger partial charge is 0.272 e. The van der Waals surface area contributed by atoms with E-state index < -0.39 is 0 Å². The quantitative estimate of drug-likeness (QED) is 0.743. The molecule has 1 atom stereocenters.